The lowest BCUT2D eigenvalue weighted by Gasteiger charge is -2.11. The third-order valence-corrected chi connectivity index (χ3v) is 6.22. The summed E-state index contributed by atoms with van der Waals surface area (Å²) in [4.78, 5) is 31.2. The highest BCUT2D eigenvalue weighted by atomic mass is 79.9. The highest BCUT2D eigenvalue weighted by Crippen LogP contribution is 2.38. The van der Waals surface area contributed by atoms with Crippen molar-refractivity contribution in [1.29, 1.82) is 0 Å². The van der Waals surface area contributed by atoms with Gasteiger partial charge in [0, 0.05) is 11.5 Å². The zero-order valence-electron chi connectivity index (χ0n) is 18.2. The van der Waals surface area contributed by atoms with Crippen molar-refractivity contribution in [2.24, 2.45) is 4.99 Å². The minimum Gasteiger partial charge on any atom is -0.493 e. The molecule has 0 unspecified atom stereocenters. The monoisotopic (exact) mass is 518 g/mol. The van der Waals surface area contributed by atoms with Gasteiger partial charge >= 0.3 is 5.97 Å². The maximum Gasteiger partial charge on any atom is 0.338 e. The number of nitrogens with zero attached hydrogens (tertiary/aromatic N) is 2. The topological polar surface area (TPSA) is 77.4 Å². The molecule has 3 rings (SSSR count). The lowest BCUT2D eigenvalue weighted by atomic mass is 10.2. The second kappa shape index (κ2) is 10.7. The predicted octanol–water partition coefficient (Wildman–Crippen LogP) is 5.27. The van der Waals surface area contributed by atoms with Crippen LogP contribution >= 0.6 is 27.7 Å². The van der Waals surface area contributed by atoms with Crippen LogP contribution in [0.25, 0.3) is 6.08 Å². The number of benzene rings is 2. The van der Waals surface area contributed by atoms with Gasteiger partial charge in [-0.05, 0) is 73.6 Å². The fourth-order valence-corrected chi connectivity index (χ4v) is 4.29. The van der Waals surface area contributed by atoms with E-state index < -0.39 is 0 Å². The summed E-state index contributed by atoms with van der Waals surface area (Å²) in [6.07, 6.45) is 1.79. The highest BCUT2D eigenvalue weighted by molar-refractivity contribution is 9.10. The van der Waals surface area contributed by atoms with E-state index in [0.29, 0.717) is 46.0 Å². The van der Waals surface area contributed by atoms with Crippen LogP contribution in [-0.2, 0) is 9.53 Å². The fraction of sp³-hybridized carbons (Fsp3) is 0.261. The Balaban J connectivity index is 1.86. The summed E-state index contributed by atoms with van der Waals surface area (Å²) in [6, 6.07) is 10.4. The molecule has 1 fully saturated rings. The second-order valence-corrected chi connectivity index (χ2v) is 8.46. The molecule has 0 saturated carbocycles. The summed E-state index contributed by atoms with van der Waals surface area (Å²) >= 11 is 4.81. The van der Waals surface area contributed by atoms with Gasteiger partial charge in [-0.3, -0.25) is 9.69 Å². The van der Waals surface area contributed by atoms with Gasteiger partial charge < -0.3 is 14.2 Å². The molecule has 1 saturated heterocycles. The number of hydrogen-bond donors (Lipinski definition) is 0. The first-order chi connectivity index (χ1) is 15.4. The zero-order valence-corrected chi connectivity index (χ0v) is 20.6. The molecule has 1 aliphatic heterocycles. The molecule has 1 amide bonds. The smallest absolute Gasteiger partial charge is 0.338 e. The van der Waals surface area contributed by atoms with E-state index in [9.17, 15) is 9.59 Å². The first kappa shape index (κ1) is 23.9. The van der Waals surface area contributed by atoms with Crippen LogP contribution in [0.5, 0.6) is 11.5 Å². The highest BCUT2D eigenvalue weighted by Gasteiger charge is 2.30. The first-order valence-corrected chi connectivity index (χ1v) is 11.5. The van der Waals surface area contributed by atoms with E-state index in [1.54, 1.807) is 51.4 Å². The number of hydrogen-bond acceptors (Lipinski definition) is 7. The van der Waals surface area contributed by atoms with Crippen LogP contribution in [-0.4, -0.2) is 49.3 Å². The lowest BCUT2D eigenvalue weighted by molar-refractivity contribution is -0.121. The van der Waals surface area contributed by atoms with Crippen LogP contribution in [0.3, 0.4) is 0 Å². The molecule has 0 radical (unpaired) electrons. The van der Waals surface area contributed by atoms with E-state index in [2.05, 4.69) is 20.9 Å². The lowest BCUT2D eigenvalue weighted by Crippen LogP contribution is -2.23. The molecule has 7 nitrogen and oxygen atoms in total. The van der Waals surface area contributed by atoms with E-state index in [1.807, 2.05) is 19.1 Å². The van der Waals surface area contributed by atoms with E-state index in [4.69, 9.17) is 14.2 Å². The van der Waals surface area contributed by atoms with Gasteiger partial charge in [0.2, 0.25) is 0 Å². The van der Waals surface area contributed by atoms with Crippen LogP contribution in [0.15, 0.2) is 50.8 Å². The third kappa shape index (κ3) is 5.34. The van der Waals surface area contributed by atoms with Crippen LogP contribution < -0.4 is 9.47 Å². The molecule has 1 aliphatic rings. The van der Waals surface area contributed by atoms with Crippen molar-refractivity contribution in [3.05, 3.63) is 56.9 Å². The standard InChI is InChI=1S/C23H23BrN2O5S/c1-5-30-19-13-17(24)15(11-18(19)29-4)12-20-21(27)26(3)23(32-20)25-16-9-7-14(8-10-16)22(28)31-6-2/h7-13H,5-6H2,1-4H3/b20-12-,25-23?. The molecular formula is C23H23BrN2O5S. The predicted molar refractivity (Wildman–Crippen MR) is 130 cm³/mol. The minimum absolute atomic E-state index is 0.156. The summed E-state index contributed by atoms with van der Waals surface area (Å²) in [6.45, 7) is 4.49. The summed E-state index contributed by atoms with van der Waals surface area (Å²) in [5.74, 6) is 0.675. The van der Waals surface area contributed by atoms with Crippen molar-refractivity contribution in [3.8, 4) is 11.5 Å². The number of thioether (sulfide) groups is 1. The van der Waals surface area contributed by atoms with Gasteiger partial charge in [0.1, 0.15) is 0 Å². The van der Waals surface area contributed by atoms with Gasteiger partial charge in [-0.1, -0.05) is 15.9 Å². The van der Waals surface area contributed by atoms with E-state index in [0.717, 1.165) is 10.0 Å². The molecule has 0 aliphatic carbocycles. The van der Waals surface area contributed by atoms with Gasteiger partial charge in [0.05, 0.1) is 36.5 Å². The van der Waals surface area contributed by atoms with Crippen molar-refractivity contribution in [3.63, 3.8) is 0 Å². The van der Waals surface area contributed by atoms with E-state index in [-0.39, 0.29) is 11.9 Å². The van der Waals surface area contributed by atoms with Crippen molar-refractivity contribution >= 4 is 56.5 Å². The number of rotatable bonds is 7. The van der Waals surface area contributed by atoms with Crippen LogP contribution in [0.1, 0.15) is 29.8 Å². The normalized spacial score (nSPS) is 16.0. The quantitative estimate of drug-likeness (QED) is 0.367. The molecule has 2 aromatic rings. The van der Waals surface area contributed by atoms with Crippen molar-refractivity contribution in [2.45, 2.75) is 13.8 Å². The van der Waals surface area contributed by atoms with Gasteiger partial charge in [-0.25, -0.2) is 9.79 Å². The first-order valence-electron chi connectivity index (χ1n) is 9.91. The number of halogens is 1. The van der Waals surface area contributed by atoms with Crippen molar-refractivity contribution < 1.29 is 23.8 Å². The molecule has 0 N–H and O–H groups in total. The number of carbonyl (C=O) groups is 2. The number of amides is 1. The Kier molecular flexibility index (Phi) is 7.98. The number of esters is 1. The number of carbonyl (C=O) groups excluding carboxylic acids is 2. The second-order valence-electron chi connectivity index (χ2n) is 6.59. The Morgan fingerprint density at radius 3 is 2.50 bits per heavy atom. The Bertz CT molecular complexity index is 1080. The number of likely N-dealkylation sites (N-methyl/N-ethyl adjacent to an activating group) is 1. The van der Waals surface area contributed by atoms with E-state index >= 15 is 0 Å². The van der Waals surface area contributed by atoms with E-state index in [1.165, 1.54) is 16.7 Å². The Morgan fingerprint density at radius 2 is 1.88 bits per heavy atom. The fourth-order valence-electron chi connectivity index (χ4n) is 2.88. The van der Waals surface area contributed by atoms with Gasteiger partial charge in [0.15, 0.2) is 16.7 Å². The molecule has 0 bridgehead atoms. The molecule has 168 valence electrons. The van der Waals surface area contributed by atoms with Crippen LogP contribution in [0, 0.1) is 0 Å². The summed E-state index contributed by atoms with van der Waals surface area (Å²) in [7, 11) is 3.25. The molecule has 0 atom stereocenters. The summed E-state index contributed by atoms with van der Waals surface area (Å²) in [5.41, 5.74) is 1.87. The van der Waals surface area contributed by atoms with Crippen molar-refractivity contribution in [1.82, 2.24) is 4.90 Å². The van der Waals surface area contributed by atoms with Gasteiger partial charge in [-0.15, -0.1) is 0 Å². The average Bonchev–Trinajstić information content (AvgIpc) is 3.04. The maximum atomic E-state index is 12.8. The molecule has 2 aromatic carbocycles. The number of amidine groups is 1. The number of ether oxygens (including phenoxy) is 3. The largest absolute Gasteiger partial charge is 0.493 e. The molecular weight excluding hydrogens is 496 g/mol. The SMILES string of the molecule is CCOC(=O)c1ccc(N=C2S/C(=C\c3cc(OC)c(OCC)cc3Br)C(=O)N2C)cc1. The molecule has 1 heterocycles. The number of aliphatic imine (C=N–C) groups is 1. The minimum atomic E-state index is -0.379. The summed E-state index contributed by atoms with van der Waals surface area (Å²) in [5, 5.41) is 0.541. The maximum absolute atomic E-state index is 12.8. The van der Waals surface area contributed by atoms with Crippen LogP contribution in [0.2, 0.25) is 0 Å². The van der Waals surface area contributed by atoms with Gasteiger partial charge in [0.25, 0.3) is 5.91 Å². The molecule has 9 heteroatoms. The summed E-state index contributed by atoms with van der Waals surface area (Å²) < 4.78 is 16.8. The molecule has 0 spiro atoms. The molecule has 0 aromatic heterocycles. The Morgan fingerprint density at radius 1 is 1.16 bits per heavy atom. The Hall–Kier alpha value is -2.78. The van der Waals surface area contributed by atoms with Gasteiger partial charge in [-0.2, -0.15) is 0 Å². The molecule has 32 heavy (non-hydrogen) atoms. The van der Waals surface area contributed by atoms with Crippen LogP contribution in [0.4, 0.5) is 5.69 Å². The zero-order chi connectivity index (χ0) is 23.3. The van der Waals surface area contributed by atoms with Crippen molar-refractivity contribution in [2.75, 3.05) is 27.4 Å². The Labute approximate surface area is 199 Å². The number of methoxy groups -OCH3 is 1. The average molecular weight is 519 g/mol. The third-order valence-electron chi connectivity index (χ3n) is 4.48.